The molecule has 1 amide bonds. The summed E-state index contributed by atoms with van der Waals surface area (Å²) in [5.74, 6) is 1.23. The quantitative estimate of drug-likeness (QED) is 0.868. The summed E-state index contributed by atoms with van der Waals surface area (Å²) in [5, 5.41) is 2.82. The van der Waals surface area contributed by atoms with Crippen molar-refractivity contribution in [2.75, 3.05) is 19.8 Å². The van der Waals surface area contributed by atoms with Gasteiger partial charge < -0.3 is 14.8 Å². The summed E-state index contributed by atoms with van der Waals surface area (Å²) in [5.41, 5.74) is 0.586. The number of alkyl halides is 1. The van der Waals surface area contributed by atoms with Crippen LogP contribution in [0.5, 0.6) is 11.5 Å². The predicted octanol–water partition coefficient (Wildman–Crippen LogP) is 1.97. The molecule has 1 aromatic rings. The van der Waals surface area contributed by atoms with E-state index >= 15 is 0 Å². The Morgan fingerprint density at radius 2 is 2.12 bits per heavy atom. The van der Waals surface area contributed by atoms with Crippen molar-refractivity contribution in [1.29, 1.82) is 0 Å². The van der Waals surface area contributed by atoms with Gasteiger partial charge in [-0.3, -0.25) is 4.79 Å². The lowest BCUT2D eigenvalue weighted by molar-refractivity contribution is 0.0953. The minimum absolute atomic E-state index is 0.103. The monoisotopic (exact) mass is 299 g/mol. The van der Waals surface area contributed by atoms with E-state index in [1.165, 1.54) is 0 Å². The summed E-state index contributed by atoms with van der Waals surface area (Å²) in [4.78, 5) is 12.1. The van der Waals surface area contributed by atoms with Crippen LogP contribution in [0.25, 0.3) is 0 Å². The molecule has 92 valence electrons. The summed E-state index contributed by atoms with van der Waals surface area (Å²) in [6, 6.07) is 5.21. The van der Waals surface area contributed by atoms with Crippen LogP contribution >= 0.6 is 15.9 Å². The summed E-state index contributed by atoms with van der Waals surface area (Å²) in [7, 11) is 0. The third kappa shape index (κ3) is 3.12. The van der Waals surface area contributed by atoms with Gasteiger partial charge in [0.25, 0.3) is 5.91 Å². The molecule has 1 aromatic carbocycles. The largest absolute Gasteiger partial charge is 0.486 e. The minimum Gasteiger partial charge on any atom is -0.486 e. The maximum Gasteiger partial charge on any atom is 0.251 e. The summed E-state index contributed by atoms with van der Waals surface area (Å²) in [6.07, 6.45) is 0. The molecule has 5 heteroatoms. The molecule has 1 atom stereocenters. The normalized spacial score (nSPS) is 15.2. The molecule has 0 bridgehead atoms. The Bertz CT molecular complexity index is 420. The molecule has 0 aromatic heterocycles. The SMILES string of the molecule is CC(Br)CNC(=O)c1ccc2c(c1)OCCO2. The molecule has 0 saturated heterocycles. The Hall–Kier alpha value is -1.23. The zero-order valence-corrected chi connectivity index (χ0v) is 11.1. The molecule has 4 nitrogen and oxygen atoms in total. The number of carbonyl (C=O) groups excluding carboxylic acids is 1. The van der Waals surface area contributed by atoms with Crippen LogP contribution in [0.2, 0.25) is 0 Å². The fraction of sp³-hybridized carbons (Fsp3) is 0.417. The van der Waals surface area contributed by atoms with Crippen molar-refractivity contribution in [3.8, 4) is 11.5 Å². The van der Waals surface area contributed by atoms with Crippen LogP contribution in [0.3, 0.4) is 0 Å². The third-order valence-electron chi connectivity index (χ3n) is 2.35. The first-order chi connectivity index (χ1) is 8.16. The number of amides is 1. The fourth-order valence-corrected chi connectivity index (χ4v) is 1.68. The first-order valence-corrected chi connectivity index (χ1v) is 6.40. The van der Waals surface area contributed by atoms with Crippen molar-refractivity contribution < 1.29 is 14.3 Å². The van der Waals surface area contributed by atoms with Gasteiger partial charge in [0.05, 0.1) is 0 Å². The van der Waals surface area contributed by atoms with Crippen LogP contribution in [0.15, 0.2) is 18.2 Å². The molecular weight excluding hydrogens is 286 g/mol. The van der Waals surface area contributed by atoms with Gasteiger partial charge in [0.2, 0.25) is 0 Å². The molecule has 1 heterocycles. The Labute approximate surface area is 108 Å². The molecule has 0 saturated carbocycles. The third-order valence-corrected chi connectivity index (χ3v) is 2.67. The molecule has 1 aliphatic heterocycles. The Kier molecular flexibility index (Phi) is 3.89. The van der Waals surface area contributed by atoms with E-state index < -0.39 is 0 Å². The molecule has 17 heavy (non-hydrogen) atoms. The van der Waals surface area contributed by atoms with Crippen LogP contribution < -0.4 is 14.8 Å². The Morgan fingerprint density at radius 1 is 1.41 bits per heavy atom. The molecule has 0 radical (unpaired) electrons. The molecule has 1 aliphatic rings. The average molecular weight is 300 g/mol. The first-order valence-electron chi connectivity index (χ1n) is 5.49. The fourth-order valence-electron chi connectivity index (χ4n) is 1.52. The number of fused-ring (bicyclic) bond motifs is 1. The van der Waals surface area contributed by atoms with E-state index in [1.54, 1.807) is 18.2 Å². The van der Waals surface area contributed by atoms with Crippen LogP contribution in [0, 0.1) is 0 Å². The van der Waals surface area contributed by atoms with Crippen molar-refractivity contribution in [2.45, 2.75) is 11.8 Å². The zero-order valence-electron chi connectivity index (χ0n) is 9.53. The van der Waals surface area contributed by atoms with Gasteiger partial charge in [0.1, 0.15) is 13.2 Å². The second-order valence-electron chi connectivity index (χ2n) is 3.85. The predicted molar refractivity (Wildman–Crippen MR) is 68.2 cm³/mol. The number of hydrogen-bond donors (Lipinski definition) is 1. The van der Waals surface area contributed by atoms with E-state index in [2.05, 4.69) is 21.2 Å². The molecule has 0 fully saturated rings. The van der Waals surface area contributed by atoms with E-state index in [-0.39, 0.29) is 10.7 Å². The molecule has 1 unspecified atom stereocenters. The first kappa shape index (κ1) is 12.2. The van der Waals surface area contributed by atoms with Crippen LogP contribution in [0.1, 0.15) is 17.3 Å². The molecule has 2 rings (SSSR count). The van der Waals surface area contributed by atoms with Gasteiger partial charge in [0, 0.05) is 16.9 Å². The van der Waals surface area contributed by atoms with Crippen LogP contribution in [-0.2, 0) is 0 Å². The van der Waals surface area contributed by atoms with Crippen molar-refractivity contribution in [3.05, 3.63) is 23.8 Å². The van der Waals surface area contributed by atoms with E-state index in [0.29, 0.717) is 36.8 Å². The van der Waals surface area contributed by atoms with Gasteiger partial charge in [0.15, 0.2) is 11.5 Å². The number of benzene rings is 1. The zero-order chi connectivity index (χ0) is 12.3. The highest BCUT2D eigenvalue weighted by atomic mass is 79.9. The van der Waals surface area contributed by atoms with Gasteiger partial charge in [-0.2, -0.15) is 0 Å². The summed E-state index contributed by atoms with van der Waals surface area (Å²) in [6.45, 7) is 3.65. The molecule has 0 spiro atoms. The summed E-state index contributed by atoms with van der Waals surface area (Å²) >= 11 is 3.38. The van der Waals surface area contributed by atoms with Crippen LogP contribution in [-0.4, -0.2) is 30.5 Å². The van der Waals surface area contributed by atoms with Gasteiger partial charge in [-0.15, -0.1) is 0 Å². The highest BCUT2D eigenvalue weighted by Crippen LogP contribution is 2.30. The maximum atomic E-state index is 11.8. The number of hydrogen-bond acceptors (Lipinski definition) is 3. The van der Waals surface area contributed by atoms with E-state index in [0.717, 1.165) is 0 Å². The Balaban J connectivity index is 2.08. The maximum absolute atomic E-state index is 11.8. The van der Waals surface area contributed by atoms with Crippen molar-refractivity contribution >= 4 is 21.8 Å². The van der Waals surface area contributed by atoms with Gasteiger partial charge >= 0.3 is 0 Å². The van der Waals surface area contributed by atoms with Gasteiger partial charge in [-0.05, 0) is 18.2 Å². The van der Waals surface area contributed by atoms with E-state index in [1.807, 2.05) is 6.92 Å². The number of rotatable bonds is 3. The summed E-state index contributed by atoms with van der Waals surface area (Å²) < 4.78 is 10.8. The second kappa shape index (κ2) is 5.40. The van der Waals surface area contributed by atoms with Crippen molar-refractivity contribution in [2.24, 2.45) is 0 Å². The molecule has 1 N–H and O–H groups in total. The Morgan fingerprint density at radius 3 is 2.82 bits per heavy atom. The lowest BCUT2D eigenvalue weighted by atomic mass is 10.2. The highest BCUT2D eigenvalue weighted by molar-refractivity contribution is 9.09. The molecule has 0 aliphatic carbocycles. The number of halogens is 1. The topological polar surface area (TPSA) is 47.6 Å². The van der Waals surface area contributed by atoms with E-state index in [4.69, 9.17) is 9.47 Å². The van der Waals surface area contributed by atoms with Crippen molar-refractivity contribution in [1.82, 2.24) is 5.32 Å². The van der Waals surface area contributed by atoms with E-state index in [9.17, 15) is 4.79 Å². The van der Waals surface area contributed by atoms with Gasteiger partial charge in [-0.25, -0.2) is 0 Å². The van der Waals surface area contributed by atoms with Gasteiger partial charge in [-0.1, -0.05) is 22.9 Å². The minimum atomic E-state index is -0.103. The second-order valence-corrected chi connectivity index (χ2v) is 5.41. The number of carbonyl (C=O) groups is 1. The number of ether oxygens (including phenoxy) is 2. The highest BCUT2D eigenvalue weighted by Gasteiger charge is 2.14. The standard InChI is InChI=1S/C12H14BrNO3/c1-8(13)7-14-12(15)9-2-3-10-11(6-9)17-5-4-16-10/h2-3,6,8H,4-5,7H2,1H3,(H,14,15). The number of nitrogens with one attached hydrogen (secondary N) is 1. The smallest absolute Gasteiger partial charge is 0.251 e. The average Bonchev–Trinajstić information content (AvgIpc) is 2.35. The van der Waals surface area contributed by atoms with Crippen molar-refractivity contribution in [3.63, 3.8) is 0 Å². The molecular formula is C12H14BrNO3. The lowest BCUT2D eigenvalue weighted by Gasteiger charge is -2.18. The van der Waals surface area contributed by atoms with Crippen LogP contribution in [0.4, 0.5) is 0 Å². The lowest BCUT2D eigenvalue weighted by Crippen LogP contribution is -2.28.